The maximum Gasteiger partial charge on any atom is 0.332 e. The smallest absolute Gasteiger partial charge is 0.325 e. The second-order valence-corrected chi connectivity index (χ2v) is 6.43. The number of carbonyl (C=O) groups is 1. The SMILES string of the molecule is CCCn1c(=O)c2sccc2n(CC(=O)Nc2ccc(F)cc2)c1=O. The van der Waals surface area contributed by atoms with E-state index in [1.165, 1.54) is 40.2 Å². The van der Waals surface area contributed by atoms with Gasteiger partial charge < -0.3 is 5.32 Å². The van der Waals surface area contributed by atoms with Gasteiger partial charge in [-0.15, -0.1) is 11.3 Å². The Morgan fingerprint density at radius 1 is 1.16 bits per heavy atom. The first-order valence-corrected chi connectivity index (χ1v) is 8.65. The van der Waals surface area contributed by atoms with Gasteiger partial charge in [0.25, 0.3) is 5.56 Å². The van der Waals surface area contributed by atoms with Crippen LogP contribution in [0.5, 0.6) is 0 Å². The Balaban J connectivity index is 1.96. The van der Waals surface area contributed by atoms with Crippen LogP contribution < -0.4 is 16.6 Å². The van der Waals surface area contributed by atoms with E-state index in [2.05, 4.69) is 5.32 Å². The minimum atomic E-state index is -0.507. The van der Waals surface area contributed by atoms with Gasteiger partial charge in [-0.2, -0.15) is 0 Å². The third kappa shape index (κ3) is 3.39. The number of hydrogen-bond acceptors (Lipinski definition) is 4. The Morgan fingerprint density at radius 3 is 2.56 bits per heavy atom. The number of hydrogen-bond donors (Lipinski definition) is 1. The van der Waals surface area contributed by atoms with Crippen molar-refractivity contribution < 1.29 is 9.18 Å². The summed E-state index contributed by atoms with van der Waals surface area (Å²) in [5.74, 6) is -0.830. The molecule has 0 radical (unpaired) electrons. The summed E-state index contributed by atoms with van der Waals surface area (Å²) in [4.78, 5) is 37.3. The fourth-order valence-electron chi connectivity index (χ4n) is 2.58. The zero-order valence-corrected chi connectivity index (χ0v) is 14.3. The maximum absolute atomic E-state index is 12.9. The van der Waals surface area contributed by atoms with Crippen molar-refractivity contribution in [3.8, 4) is 0 Å². The van der Waals surface area contributed by atoms with Crippen LogP contribution >= 0.6 is 11.3 Å². The number of nitrogens with zero attached hydrogens (tertiary/aromatic N) is 2. The molecule has 0 spiro atoms. The van der Waals surface area contributed by atoms with E-state index < -0.39 is 17.4 Å². The summed E-state index contributed by atoms with van der Waals surface area (Å²) in [6.07, 6.45) is 0.633. The van der Waals surface area contributed by atoms with Crippen molar-refractivity contribution in [2.24, 2.45) is 0 Å². The summed E-state index contributed by atoms with van der Waals surface area (Å²) in [6, 6.07) is 7.01. The third-order valence-corrected chi connectivity index (χ3v) is 4.60. The van der Waals surface area contributed by atoms with Gasteiger partial charge in [0.15, 0.2) is 0 Å². The summed E-state index contributed by atoms with van der Waals surface area (Å²) in [6.45, 7) is 1.94. The van der Waals surface area contributed by atoms with E-state index in [0.29, 0.717) is 28.9 Å². The van der Waals surface area contributed by atoms with Gasteiger partial charge in [-0.05, 0) is 42.1 Å². The van der Waals surface area contributed by atoms with Gasteiger partial charge in [-0.25, -0.2) is 9.18 Å². The lowest BCUT2D eigenvalue weighted by Crippen LogP contribution is -2.41. The Hall–Kier alpha value is -2.74. The molecule has 0 aliphatic heterocycles. The number of benzene rings is 1. The number of nitrogens with one attached hydrogen (secondary N) is 1. The number of amides is 1. The van der Waals surface area contributed by atoms with Crippen LogP contribution in [-0.4, -0.2) is 15.0 Å². The van der Waals surface area contributed by atoms with Crippen LogP contribution in [-0.2, 0) is 17.9 Å². The van der Waals surface area contributed by atoms with Crippen LogP contribution in [0, 0.1) is 5.82 Å². The highest BCUT2D eigenvalue weighted by Gasteiger charge is 2.16. The first-order chi connectivity index (χ1) is 12.0. The number of anilines is 1. The first-order valence-electron chi connectivity index (χ1n) is 7.77. The number of aromatic nitrogens is 2. The van der Waals surface area contributed by atoms with E-state index in [9.17, 15) is 18.8 Å². The zero-order valence-electron chi connectivity index (χ0n) is 13.5. The largest absolute Gasteiger partial charge is 0.332 e. The lowest BCUT2D eigenvalue weighted by atomic mass is 10.3. The monoisotopic (exact) mass is 361 g/mol. The van der Waals surface area contributed by atoms with Crippen molar-refractivity contribution in [3.05, 3.63) is 62.4 Å². The summed E-state index contributed by atoms with van der Waals surface area (Å²) in [5, 5.41) is 4.34. The van der Waals surface area contributed by atoms with Crippen molar-refractivity contribution in [3.63, 3.8) is 0 Å². The quantitative estimate of drug-likeness (QED) is 0.758. The molecule has 0 unspecified atom stereocenters. The molecule has 3 rings (SSSR count). The van der Waals surface area contributed by atoms with Crippen LogP contribution in [0.25, 0.3) is 10.2 Å². The van der Waals surface area contributed by atoms with Gasteiger partial charge in [-0.1, -0.05) is 6.92 Å². The molecule has 130 valence electrons. The van der Waals surface area contributed by atoms with Crippen LogP contribution in [0.2, 0.25) is 0 Å². The number of thiophene rings is 1. The predicted molar refractivity (Wildman–Crippen MR) is 95.7 cm³/mol. The van der Waals surface area contributed by atoms with Crippen LogP contribution in [0.15, 0.2) is 45.3 Å². The van der Waals surface area contributed by atoms with E-state index in [1.54, 1.807) is 11.4 Å². The van der Waals surface area contributed by atoms with E-state index in [1.807, 2.05) is 6.92 Å². The summed E-state index contributed by atoms with van der Waals surface area (Å²) in [7, 11) is 0. The van der Waals surface area contributed by atoms with Crippen molar-refractivity contribution in [1.82, 2.24) is 9.13 Å². The molecule has 6 nitrogen and oxygen atoms in total. The minimum Gasteiger partial charge on any atom is -0.325 e. The van der Waals surface area contributed by atoms with Gasteiger partial charge in [-0.3, -0.25) is 18.7 Å². The Labute approximate surface area is 146 Å². The third-order valence-electron chi connectivity index (χ3n) is 3.71. The van der Waals surface area contributed by atoms with Gasteiger partial charge >= 0.3 is 5.69 Å². The van der Waals surface area contributed by atoms with Gasteiger partial charge in [0.05, 0.1) is 5.52 Å². The highest BCUT2D eigenvalue weighted by Crippen LogP contribution is 2.15. The standard InChI is InChI=1S/C17H16FN3O3S/c1-2-8-20-16(23)15-13(7-9-25-15)21(17(20)24)10-14(22)19-12-5-3-11(18)4-6-12/h3-7,9H,2,8,10H2,1H3,(H,19,22). The molecule has 0 bridgehead atoms. The van der Waals surface area contributed by atoms with Gasteiger partial charge in [0.2, 0.25) is 5.91 Å². The normalized spacial score (nSPS) is 11.0. The predicted octanol–water partition coefficient (Wildman–Crippen LogP) is 2.41. The first kappa shape index (κ1) is 17.1. The molecule has 0 saturated carbocycles. The summed E-state index contributed by atoms with van der Waals surface area (Å²) < 4.78 is 15.8. The summed E-state index contributed by atoms with van der Waals surface area (Å²) >= 11 is 1.24. The molecule has 0 saturated heterocycles. The molecule has 3 aromatic rings. The summed E-state index contributed by atoms with van der Waals surface area (Å²) in [5.41, 5.74) is 0.0450. The number of halogens is 1. The topological polar surface area (TPSA) is 73.1 Å². The maximum atomic E-state index is 12.9. The molecule has 1 aromatic carbocycles. The molecule has 1 N–H and O–H groups in total. The lowest BCUT2D eigenvalue weighted by Gasteiger charge is -2.12. The molecule has 2 heterocycles. The van der Waals surface area contributed by atoms with Gasteiger partial charge in [0, 0.05) is 12.2 Å². The van der Waals surface area contributed by atoms with E-state index in [-0.39, 0.29) is 12.1 Å². The molecule has 1 amide bonds. The number of rotatable bonds is 5. The Bertz CT molecular complexity index is 1030. The van der Waals surface area contributed by atoms with Crippen molar-refractivity contribution in [2.45, 2.75) is 26.4 Å². The van der Waals surface area contributed by atoms with Crippen molar-refractivity contribution >= 4 is 33.1 Å². The molecular formula is C17H16FN3O3S. The highest BCUT2D eigenvalue weighted by atomic mass is 32.1. The fraction of sp³-hybridized carbons (Fsp3) is 0.235. The molecule has 2 aromatic heterocycles. The average molecular weight is 361 g/mol. The number of carbonyl (C=O) groups excluding carboxylic acids is 1. The fourth-order valence-corrected chi connectivity index (χ4v) is 3.43. The van der Waals surface area contributed by atoms with Crippen LogP contribution in [0.3, 0.4) is 0 Å². The van der Waals surface area contributed by atoms with E-state index >= 15 is 0 Å². The molecule has 0 aliphatic rings. The van der Waals surface area contributed by atoms with Crippen molar-refractivity contribution in [1.29, 1.82) is 0 Å². The zero-order chi connectivity index (χ0) is 18.0. The lowest BCUT2D eigenvalue weighted by molar-refractivity contribution is -0.116. The van der Waals surface area contributed by atoms with Crippen LogP contribution in [0.1, 0.15) is 13.3 Å². The Kier molecular flexibility index (Phi) is 4.80. The molecule has 25 heavy (non-hydrogen) atoms. The van der Waals surface area contributed by atoms with E-state index in [0.717, 1.165) is 4.57 Å². The highest BCUT2D eigenvalue weighted by molar-refractivity contribution is 7.17. The van der Waals surface area contributed by atoms with E-state index in [4.69, 9.17) is 0 Å². The molecule has 8 heteroatoms. The number of fused-ring (bicyclic) bond motifs is 1. The molecular weight excluding hydrogens is 345 g/mol. The second kappa shape index (κ2) is 7.02. The Morgan fingerprint density at radius 2 is 1.88 bits per heavy atom. The minimum absolute atomic E-state index is 0.229. The average Bonchev–Trinajstić information content (AvgIpc) is 3.07. The van der Waals surface area contributed by atoms with Gasteiger partial charge in [0.1, 0.15) is 17.1 Å². The van der Waals surface area contributed by atoms with Crippen molar-refractivity contribution in [2.75, 3.05) is 5.32 Å². The molecule has 0 atom stereocenters. The molecule has 0 fully saturated rings. The second-order valence-electron chi connectivity index (χ2n) is 5.52. The van der Waals surface area contributed by atoms with Crippen LogP contribution in [0.4, 0.5) is 10.1 Å². The molecule has 0 aliphatic carbocycles.